The highest BCUT2D eigenvalue weighted by atomic mass is 16.7. The van der Waals surface area contributed by atoms with Crippen LogP contribution in [0.1, 0.15) is 19.3 Å². The van der Waals surface area contributed by atoms with Crippen LogP contribution in [0.5, 0.6) is 5.75 Å². The molecule has 2 heterocycles. The second-order valence-electron chi connectivity index (χ2n) is 5.09. The Labute approximate surface area is 125 Å². The topological polar surface area (TPSA) is 34.6 Å². The summed E-state index contributed by atoms with van der Waals surface area (Å²) in [7, 11) is 0. The molecule has 21 heavy (non-hydrogen) atoms. The predicted molar refractivity (Wildman–Crippen MR) is 82.2 cm³/mol. The van der Waals surface area contributed by atoms with Gasteiger partial charge >= 0.3 is 0 Å². The molecular formula is C17H20N2O2. The van der Waals surface area contributed by atoms with Crippen molar-refractivity contribution in [2.75, 3.05) is 18.2 Å². The third-order valence-corrected chi connectivity index (χ3v) is 3.67. The molecule has 0 aliphatic carbocycles. The number of hydrogen-bond donors (Lipinski definition) is 0. The first-order valence-corrected chi connectivity index (χ1v) is 7.39. The smallest absolute Gasteiger partial charge is 0.191 e. The number of aromatic nitrogens is 1. The summed E-state index contributed by atoms with van der Waals surface area (Å²) in [6.07, 6.45) is 7.13. The van der Waals surface area contributed by atoms with Crippen LogP contribution < -0.4 is 9.64 Å². The maximum atomic E-state index is 5.94. The summed E-state index contributed by atoms with van der Waals surface area (Å²) >= 11 is 0. The fourth-order valence-electron chi connectivity index (χ4n) is 2.60. The minimum Gasteiger partial charge on any atom is -0.467 e. The molecule has 1 saturated heterocycles. The van der Waals surface area contributed by atoms with E-state index in [9.17, 15) is 0 Å². The molecule has 0 radical (unpaired) electrons. The summed E-state index contributed by atoms with van der Waals surface area (Å²) in [6, 6.07) is 13.8. The van der Waals surface area contributed by atoms with Gasteiger partial charge in [-0.2, -0.15) is 0 Å². The zero-order valence-corrected chi connectivity index (χ0v) is 12.0. The first-order valence-electron chi connectivity index (χ1n) is 7.39. The number of para-hydroxylation sites is 1. The molecule has 0 N–H and O–H groups in total. The molecule has 0 amide bonds. The van der Waals surface area contributed by atoms with Crippen LogP contribution in [0.25, 0.3) is 0 Å². The maximum absolute atomic E-state index is 5.94. The number of ether oxygens (including phenoxy) is 2. The van der Waals surface area contributed by atoms with Crippen molar-refractivity contribution in [3.05, 3.63) is 54.9 Å². The van der Waals surface area contributed by atoms with Gasteiger partial charge in [-0.1, -0.05) is 18.2 Å². The molecule has 1 aromatic heterocycles. The fourth-order valence-corrected chi connectivity index (χ4v) is 2.60. The molecule has 1 unspecified atom stereocenters. The van der Waals surface area contributed by atoms with Crippen LogP contribution in [0.15, 0.2) is 54.9 Å². The number of pyridine rings is 1. The molecular weight excluding hydrogens is 264 g/mol. The Morgan fingerprint density at radius 3 is 2.67 bits per heavy atom. The Kier molecular flexibility index (Phi) is 4.69. The summed E-state index contributed by atoms with van der Waals surface area (Å²) in [5, 5.41) is 0. The van der Waals surface area contributed by atoms with Crippen molar-refractivity contribution in [3.63, 3.8) is 0 Å². The minimum atomic E-state index is 0.0739. The van der Waals surface area contributed by atoms with Crippen molar-refractivity contribution in [1.29, 1.82) is 0 Å². The van der Waals surface area contributed by atoms with E-state index in [1.165, 1.54) is 12.8 Å². The van der Waals surface area contributed by atoms with E-state index in [1.54, 1.807) is 0 Å². The van der Waals surface area contributed by atoms with Crippen molar-refractivity contribution in [3.8, 4) is 5.75 Å². The molecule has 0 saturated carbocycles. The molecule has 1 aliphatic heterocycles. The standard InChI is InChI=1S/C17H20N2O2/c1-2-6-16(7-3-1)20-14-21-17-8-4-5-13-19(17)15-9-11-18-12-10-15/h1-3,6-7,9-12,17H,4-5,8,13-14H2. The molecule has 1 aliphatic rings. The zero-order valence-electron chi connectivity index (χ0n) is 12.0. The molecule has 0 bridgehead atoms. The van der Waals surface area contributed by atoms with Gasteiger partial charge in [0.1, 0.15) is 12.0 Å². The van der Waals surface area contributed by atoms with E-state index in [4.69, 9.17) is 9.47 Å². The monoisotopic (exact) mass is 284 g/mol. The van der Waals surface area contributed by atoms with E-state index >= 15 is 0 Å². The third kappa shape index (κ3) is 3.73. The van der Waals surface area contributed by atoms with Gasteiger partial charge < -0.3 is 14.4 Å². The average molecular weight is 284 g/mol. The number of rotatable bonds is 5. The molecule has 0 spiro atoms. The molecule has 1 fully saturated rings. The van der Waals surface area contributed by atoms with Crippen LogP contribution in [0, 0.1) is 0 Å². The van der Waals surface area contributed by atoms with Gasteiger partial charge in [-0.25, -0.2) is 0 Å². The van der Waals surface area contributed by atoms with Gasteiger partial charge in [0, 0.05) is 24.6 Å². The number of benzene rings is 1. The first kappa shape index (κ1) is 13.9. The quantitative estimate of drug-likeness (QED) is 0.788. The highest BCUT2D eigenvalue weighted by Crippen LogP contribution is 2.24. The maximum Gasteiger partial charge on any atom is 0.191 e. The van der Waals surface area contributed by atoms with Crippen molar-refractivity contribution in [1.82, 2.24) is 4.98 Å². The normalized spacial score (nSPS) is 18.5. The Balaban J connectivity index is 1.57. The van der Waals surface area contributed by atoms with Crippen LogP contribution in [-0.4, -0.2) is 24.5 Å². The van der Waals surface area contributed by atoms with Crippen LogP contribution in [0.3, 0.4) is 0 Å². The van der Waals surface area contributed by atoms with Crippen LogP contribution >= 0.6 is 0 Å². The lowest BCUT2D eigenvalue weighted by atomic mass is 10.1. The molecule has 2 aromatic rings. The average Bonchev–Trinajstić information content (AvgIpc) is 2.57. The summed E-state index contributed by atoms with van der Waals surface area (Å²) in [6.45, 7) is 1.29. The zero-order chi connectivity index (χ0) is 14.3. The van der Waals surface area contributed by atoms with E-state index in [2.05, 4.69) is 9.88 Å². The Morgan fingerprint density at radius 2 is 1.86 bits per heavy atom. The van der Waals surface area contributed by atoms with Crippen LogP contribution in [0.2, 0.25) is 0 Å². The number of piperidine rings is 1. The van der Waals surface area contributed by atoms with Gasteiger partial charge in [-0.15, -0.1) is 0 Å². The Bertz CT molecular complexity index is 533. The summed E-state index contributed by atoms with van der Waals surface area (Å²) in [5.74, 6) is 0.837. The summed E-state index contributed by atoms with van der Waals surface area (Å²) < 4.78 is 11.6. The van der Waals surface area contributed by atoms with Crippen LogP contribution in [-0.2, 0) is 4.74 Å². The lowest BCUT2D eigenvalue weighted by Gasteiger charge is -2.36. The Hall–Kier alpha value is -2.07. The number of anilines is 1. The Morgan fingerprint density at radius 1 is 1.05 bits per heavy atom. The number of hydrogen-bond acceptors (Lipinski definition) is 4. The van der Waals surface area contributed by atoms with Gasteiger partial charge in [-0.3, -0.25) is 4.98 Å². The predicted octanol–water partition coefficient (Wildman–Crippen LogP) is 3.45. The highest BCUT2D eigenvalue weighted by Gasteiger charge is 2.23. The second-order valence-corrected chi connectivity index (χ2v) is 5.09. The van der Waals surface area contributed by atoms with Crippen molar-refractivity contribution < 1.29 is 9.47 Å². The van der Waals surface area contributed by atoms with E-state index in [1.807, 2.05) is 54.9 Å². The van der Waals surface area contributed by atoms with Crippen LogP contribution in [0.4, 0.5) is 5.69 Å². The largest absolute Gasteiger partial charge is 0.467 e. The lowest BCUT2D eigenvalue weighted by molar-refractivity contribution is -0.0458. The summed E-state index contributed by atoms with van der Waals surface area (Å²) in [4.78, 5) is 6.37. The van der Waals surface area contributed by atoms with Gasteiger partial charge in [0.25, 0.3) is 0 Å². The van der Waals surface area contributed by atoms with Crippen molar-refractivity contribution in [2.45, 2.75) is 25.5 Å². The fraction of sp³-hybridized carbons (Fsp3) is 0.353. The van der Waals surface area contributed by atoms with E-state index in [0.717, 1.165) is 24.4 Å². The molecule has 4 nitrogen and oxygen atoms in total. The van der Waals surface area contributed by atoms with E-state index in [0.29, 0.717) is 0 Å². The molecule has 4 heteroatoms. The van der Waals surface area contributed by atoms with Gasteiger partial charge in [-0.05, 0) is 43.5 Å². The SMILES string of the molecule is c1ccc(OCOC2CCCCN2c2ccncc2)cc1. The number of nitrogens with zero attached hydrogens (tertiary/aromatic N) is 2. The van der Waals surface area contributed by atoms with Gasteiger partial charge in [0.15, 0.2) is 6.79 Å². The van der Waals surface area contributed by atoms with E-state index < -0.39 is 0 Å². The van der Waals surface area contributed by atoms with E-state index in [-0.39, 0.29) is 13.0 Å². The third-order valence-electron chi connectivity index (χ3n) is 3.67. The molecule has 3 rings (SSSR count). The first-order chi connectivity index (χ1) is 10.4. The lowest BCUT2D eigenvalue weighted by Crippen LogP contribution is -2.42. The second kappa shape index (κ2) is 7.09. The highest BCUT2D eigenvalue weighted by molar-refractivity contribution is 5.45. The molecule has 110 valence electrons. The minimum absolute atomic E-state index is 0.0739. The van der Waals surface area contributed by atoms with Crippen molar-refractivity contribution >= 4 is 5.69 Å². The molecule has 1 atom stereocenters. The summed E-state index contributed by atoms with van der Waals surface area (Å²) in [5.41, 5.74) is 1.16. The van der Waals surface area contributed by atoms with Gasteiger partial charge in [0.05, 0.1) is 0 Å². The van der Waals surface area contributed by atoms with Gasteiger partial charge in [0.2, 0.25) is 0 Å². The van der Waals surface area contributed by atoms with Crippen molar-refractivity contribution in [2.24, 2.45) is 0 Å². The molecule has 1 aromatic carbocycles.